The third-order valence-corrected chi connectivity index (χ3v) is 4.90. The number of hydrogen-bond donors (Lipinski definition) is 2. The van der Waals surface area contributed by atoms with Gasteiger partial charge in [0.05, 0.1) is 12.1 Å². The number of sulfonamides is 1. The average molecular weight is 326 g/mol. The first-order valence-electron chi connectivity index (χ1n) is 6.04. The fourth-order valence-electron chi connectivity index (χ4n) is 1.54. The van der Waals surface area contributed by atoms with Gasteiger partial charge in [-0.1, -0.05) is 18.2 Å². The van der Waals surface area contributed by atoms with E-state index < -0.39 is 10.0 Å². The van der Waals surface area contributed by atoms with Crippen molar-refractivity contribution in [3.05, 3.63) is 47.3 Å². The third-order valence-electron chi connectivity index (χ3n) is 2.52. The van der Waals surface area contributed by atoms with Crippen LogP contribution < -0.4 is 15.2 Å². The largest absolute Gasteiger partial charge is 0.492 e. The van der Waals surface area contributed by atoms with Crippen LogP contribution >= 0.6 is 11.3 Å². The molecule has 112 valence electrons. The number of thiophene rings is 1. The number of rotatable bonds is 6. The quantitative estimate of drug-likeness (QED) is 0.779. The second-order valence-electron chi connectivity index (χ2n) is 4.12. The summed E-state index contributed by atoms with van der Waals surface area (Å²) in [5.41, 5.74) is 0.267. The summed E-state index contributed by atoms with van der Waals surface area (Å²) in [6.45, 7) is 0.635. The number of para-hydroxylation sites is 1. The molecule has 0 bridgehead atoms. The molecule has 1 aromatic heterocycles. The predicted octanol–water partition coefficient (Wildman–Crippen LogP) is 1.20. The third kappa shape index (κ3) is 4.55. The van der Waals surface area contributed by atoms with E-state index in [4.69, 9.17) is 9.88 Å². The molecule has 2 rings (SSSR count). The summed E-state index contributed by atoms with van der Waals surface area (Å²) in [5.74, 6) is 0.358. The monoisotopic (exact) mass is 326 g/mol. The van der Waals surface area contributed by atoms with Gasteiger partial charge in [-0.15, -0.1) is 11.3 Å². The van der Waals surface area contributed by atoms with E-state index in [2.05, 4.69) is 5.32 Å². The lowest BCUT2D eigenvalue weighted by Crippen LogP contribution is -2.27. The number of nitrogens with one attached hydrogen (secondary N) is 1. The molecule has 1 heterocycles. The molecule has 3 N–H and O–H groups in total. The number of benzene rings is 1. The van der Waals surface area contributed by atoms with Gasteiger partial charge in [-0.05, 0) is 18.2 Å². The minimum Gasteiger partial charge on any atom is -0.492 e. The standard InChI is InChI=1S/C13H14N2O4S2/c14-21(17,18)12-8-10(9-20-12)13(16)15-6-7-19-11-4-2-1-3-5-11/h1-5,8-9H,6-7H2,(H,15,16)(H2,14,17,18). The maximum absolute atomic E-state index is 11.8. The molecule has 2 aromatic rings. The molecule has 0 radical (unpaired) electrons. The Morgan fingerprint density at radius 1 is 1.29 bits per heavy atom. The molecule has 1 amide bonds. The molecule has 6 nitrogen and oxygen atoms in total. The van der Waals surface area contributed by atoms with Crippen molar-refractivity contribution < 1.29 is 17.9 Å². The molecule has 0 spiro atoms. The van der Waals surface area contributed by atoms with E-state index in [1.807, 2.05) is 30.3 Å². The zero-order valence-electron chi connectivity index (χ0n) is 11.0. The summed E-state index contributed by atoms with van der Waals surface area (Å²) in [4.78, 5) is 11.8. The zero-order valence-corrected chi connectivity index (χ0v) is 12.6. The summed E-state index contributed by atoms with van der Waals surface area (Å²) >= 11 is 0.916. The van der Waals surface area contributed by atoms with Crippen LogP contribution in [0, 0.1) is 0 Å². The molecule has 0 saturated heterocycles. The van der Waals surface area contributed by atoms with Crippen molar-refractivity contribution in [2.45, 2.75) is 4.21 Å². The van der Waals surface area contributed by atoms with Crippen LogP contribution in [0.2, 0.25) is 0 Å². The molecular weight excluding hydrogens is 312 g/mol. The Hall–Kier alpha value is -1.90. The highest BCUT2D eigenvalue weighted by molar-refractivity contribution is 7.91. The normalized spacial score (nSPS) is 11.1. The molecule has 0 unspecified atom stereocenters. The van der Waals surface area contributed by atoms with Gasteiger partial charge in [0.25, 0.3) is 5.91 Å². The SMILES string of the molecule is NS(=O)(=O)c1cc(C(=O)NCCOc2ccccc2)cs1. The smallest absolute Gasteiger partial charge is 0.252 e. The van der Waals surface area contributed by atoms with Gasteiger partial charge in [0, 0.05) is 5.38 Å². The van der Waals surface area contributed by atoms with E-state index in [-0.39, 0.29) is 15.7 Å². The molecule has 0 aliphatic rings. The lowest BCUT2D eigenvalue weighted by Gasteiger charge is -2.06. The zero-order chi connectivity index (χ0) is 15.3. The van der Waals surface area contributed by atoms with Crippen LogP contribution in [0.1, 0.15) is 10.4 Å². The van der Waals surface area contributed by atoms with Gasteiger partial charge in [-0.25, -0.2) is 13.6 Å². The van der Waals surface area contributed by atoms with Crippen LogP contribution in [0.15, 0.2) is 46.0 Å². The predicted molar refractivity (Wildman–Crippen MR) is 80.0 cm³/mol. The highest BCUT2D eigenvalue weighted by atomic mass is 32.2. The van der Waals surface area contributed by atoms with E-state index in [0.717, 1.165) is 17.1 Å². The topological polar surface area (TPSA) is 98.5 Å². The Kier molecular flexibility index (Phi) is 4.94. The van der Waals surface area contributed by atoms with E-state index in [1.165, 1.54) is 11.4 Å². The Morgan fingerprint density at radius 3 is 2.62 bits per heavy atom. The van der Waals surface area contributed by atoms with E-state index in [0.29, 0.717) is 13.2 Å². The Bertz CT molecular complexity index is 711. The van der Waals surface area contributed by atoms with Crippen molar-refractivity contribution in [1.82, 2.24) is 5.32 Å². The van der Waals surface area contributed by atoms with Crippen molar-refractivity contribution in [2.24, 2.45) is 5.14 Å². The average Bonchev–Trinajstić information content (AvgIpc) is 2.94. The Labute approximate surface area is 126 Å². The molecule has 0 aliphatic carbocycles. The number of carbonyl (C=O) groups excluding carboxylic acids is 1. The van der Waals surface area contributed by atoms with Gasteiger partial charge in [0.2, 0.25) is 10.0 Å². The van der Waals surface area contributed by atoms with Gasteiger partial charge in [-0.2, -0.15) is 0 Å². The maximum Gasteiger partial charge on any atom is 0.252 e. The first-order valence-corrected chi connectivity index (χ1v) is 8.47. The van der Waals surface area contributed by atoms with E-state index in [9.17, 15) is 13.2 Å². The van der Waals surface area contributed by atoms with E-state index >= 15 is 0 Å². The molecule has 0 aliphatic heterocycles. The minimum absolute atomic E-state index is 0.0341. The van der Waals surface area contributed by atoms with Crippen LogP contribution in [-0.2, 0) is 10.0 Å². The lowest BCUT2D eigenvalue weighted by molar-refractivity contribution is 0.0947. The van der Waals surface area contributed by atoms with Crippen LogP contribution in [-0.4, -0.2) is 27.5 Å². The number of nitrogens with two attached hydrogens (primary N) is 1. The second-order valence-corrected chi connectivity index (χ2v) is 6.82. The van der Waals surface area contributed by atoms with Gasteiger partial charge in [-0.3, -0.25) is 4.79 Å². The molecule has 21 heavy (non-hydrogen) atoms. The van der Waals surface area contributed by atoms with Gasteiger partial charge >= 0.3 is 0 Å². The number of amides is 1. The molecule has 1 aromatic carbocycles. The number of carbonyl (C=O) groups is 1. The molecule has 0 atom stereocenters. The summed E-state index contributed by atoms with van der Waals surface area (Å²) in [6, 6.07) is 10.5. The van der Waals surface area contributed by atoms with Crippen LogP contribution in [0.3, 0.4) is 0 Å². The molecule has 0 fully saturated rings. The van der Waals surface area contributed by atoms with Crippen molar-refractivity contribution in [3.63, 3.8) is 0 Å². The summed E-state index contributed by atoms with van der Waals surface area (Å²) in [6.07, 6.45) is 0. The molecule has 0 saturated carbocycles. The maximum atomic E-state index is 11.8. The first kappa shape index (κ1) is 15.5. The summed E-state index contributed by atoms with van der Waals surface area (Å²) in [7, 11) is -3.76. The Morgan fingerprint density at radius 2 is 2.00 bits per heavy atom. The highest BCUT2D eigenvalue weighted by Crippen LogP contribution is 2.18. The summed E-state index contributed by atoms with van der Waals surface area (Å²) in [5, 5.41) is 9.08. The summed E-state index contributed by atoms with van der Waals surface area (Å²) < 4.78 is 27.6. The van der Waals surface area contributed by atoms with Gasteiger partial charge in [0.15, 0.2) is 0 Å². The van der Waals surface area contributed by atoms with Crippen molar-refractivity contribution in [3.8, 4) is 5.75 Å². The Balaban J connectivity index is 1.81. The number of hydrogen-bond acceptors (Lipinski definition) is 5. The van der Waals surface area contributed by atoms with Gasteiger partial charge in [0.1, 0.15) is 16.6 Å². The minimum atomic E-state index is -3.76. The van der Waals surface area contributed by atoms with Crippen molar-refractivity contribution >= 4 is 27.3 Å². The molecule has 8 heteroatoms. The van der Waals surface area contributed by atoms with Gasteiger partial charge < -0.3 is 10.1 Å². The fraction of sp³-hybridized carbons (Fsp3) is 0.154. The van der Waals surface area contributed by atoms with E-state index in [1.54, 1.807) is 0 Å². The van der Waals surface area contributed by atoms with Crippen LogP contribution in [0.5, 0.6) is 5.75 Å². The van der Waals surface area contributed by atoms with Crippen LogP contribution in [0.25, 0.3) is 0 Å². The molecular formula is C13H14N2O4S2. The first-order chi connectivity index (χ1) is 9.97. The van der Waals surface area contributed by atoms with Crippen molar-refractivity contribution in [1.29, 1.82) is 0 Å². The highest BCUT2D eigenvalue weighted by Gasteiger charge is 2.14. The van der Waals surface area contributed by atoms with Crippen LogP contribution in [0.4, 0.5) is 0 Å². The number of primary sulfonamides is 1. The number of ether oxygens (including phenoxy) is 1. The van der Waals surface area contributed by atoms with Crippen molar-refractivity contribution in [2.75, 3.05) is 13.2 Å². The second kappa shape index (κ2) is 6.70. The fourth-order valence-corrected chi connectivity index (χ4v) is 3.12. The lowest BCUT2D eigenvalue weighted by atomic mass is 10.3.